The van der Waals surface area contributed by atoms with Crippen molar-refractivity contribution in [1.29, 1.82) is 0 Å². The van der Waals surface area contributed by atoms with Crippen LogP contribution in [-0.4, -0.2) is 29.4 Å². The molecule has 1 heterocycles. The predicted octanol–water partition coefficient (Wildman–Crippen LogP) is 2.10. The highest BCUT2D eigenvalue weighted by molar-refractivity contribution is 5.77. The zero-order chi connectivity index (χ0) is 13.8. The summed E-state index contributed by atoms with van der Waals surface area (Å²) in [5, 5.41) is 0. The molecule has 0 spiro atoms. The van der Waals surface area contributed by atoms with Gasteiger partial charge in [-0.15, -0.1) is 0 Å². The van der Waals surface area contributed by atoms with Crippen molar-refractivity contribution < 1.29 is 9.18 Å². The molecule has 1 amide bonds. The Morgan fingerprint density at radius 1 is 1.58 bits per heavy atom. The first-order valence-corrected chi connectivity index (χ1v) is 6.86. The van der Waals surface area contributed by atoms with Crippen LogP contribution in [0, 0.1) is 5.82 Å². The Morgan fingerprint density at radius 3 is 3.05 bits per heavy atom. The quantitative estimate of drug-likeness (QED) is 0.905. The summed E-state index contributed by atoms with van der Waals surface area (Å²) in [6.07, 6.45) is 3.12. The maximum absolute atomic E-state index is 13.2. The second-order valence-electron chi connectivity index (χ2n) is 5.40. The van der Waals surface area contributed by atoms with E-state index in [-0.39, 0.29) is 23.8 Å². The van der Waals surface area contributed by atoms with Gasteiger partial charge >= 0.3 is 0 Å². The molecule has 1 aromatic carbocycles. The Bertz CT molecular complexity index is 448. The maximum Gasteiger partial charge on any atom is 0.224 e. The summed E-state index contributed by atoms with van der Waals surface area (Å²) in [6.45, 7) is 2.64. The molecule has 0 saturated carbocycles. The molecular formula is C15H21FN2O. The van der Waals surface area contributed by atoms with Gasteiger partial charge in [-0.05, 0) is 43.9 Å². The topological polar surface area (TPSA) is 46.3 Å². The second-order valence-corrected chi connectivity index (χ2v) is 5.40. The highest BCUT2D eigenvalue weighted by Crippen LogP contribution is 2.22. The van der Waals surface area contributed by atoms with E-state index in [0.717, 1.165) is 31.4 Å². The van der Waals surface area contributed by atoms with Gasteiger partial charge in [0.15, 0.2) is 0 Å². The number of nitrogens with two attached hydrogens (primary N) is 1. The average Bonchev–Trinajstić information content (AvgIpc) is 2.76. The average molecular weight is 264 g/mol. The van der Waals surface area contributed by atoms with Gasteiger partial charge in [0.05, 0.1) is 0 Å². The number of hydrogen-bond donors (Lipinski definition) is 1. The number of hydrogen-bond acceptors (Lipinski definition) is 2. The summed E-state index contributed by atoms with van der Waals surface area (Å²) in [4.78, 5) is 14.0. The summed E-state index contributed by atoms with van der Waals surface area (Å²) in [6, 6.07) is 6.70. The van der Waals surface area contributed by atoms with E-state index in [0.29, 0.717) is 6.42 Å². The third kappa shape index (κ3) is 3.77. The van der Waals surface area contributed by atoms with Crippen LogP contribution in [0.25, 0.3) is 0 Å². The molecule has 0 aromatic heterocycles. The Kier molecular flexibility index (Phi) is 4.53. The minimum Gasteiger partial charge on any atom is -0.339 e. The van der Waals surface area contributed by atoms with E-state index in [4.69, 9.17) is 5.73 Å². The van der Waals surface area contributed by atoms with Crippen LogP contribution in [0.15, 0.2) is 24.3 Å². The van der Waals surface area contributed by atoms with Crippen molar-refractivity contribution in [1.82, 2.24) is 4.90 Å². The lowest BCUT2D eigenvalue weighted by Crippen LogP contribution is -2.39. The molecule has 2 N–H and O–H groups in total. The Hall–Kier alpha value is -1.42. The Morgan fingerprint density at radius 2 is 2.37 bits per heavy atom. The van der Waals surface area contributed by atoms with Crippen LogP contribution >= 0.6 is 0 Å². The predicted molar refractivity (Wildman–Crippen MR) is 73.1 cm³/mol. The van der Waals surface area contributed by atoms with Gasteiger partial charge in [0.1, 0.15) is 5.82 Å². The first kappa shape index (κ1) is 14.0. The van der Waals surface area contributed by atoms with E-state index in [1.165, 1.54) is 6.07 Å². The number of likely N-dealkylation sites (tertiary alicyclic amines) is 1. The van der Waals surface area contributed by atoms with E-state index in [1.54, 1.807) is 12.1 Å². The highest BCUT2D eigenvalue weighted by atomic mass is 19.1. The van der Waals surface area contributed by atoms with Crippen LogP contribution in [0.3, 0.4) is 0 Å². The number of rotatable bonds is 4. The third-order valence-corrected chi connectivity index (χ3v) is 3.55. The van der Waals surface area contributed by atoms with Gasteiger partial charge in [0.25, 0.3) is 0 Å². The van der Waals surface area contributed by atoms with Gasteiger partial charge in [0.2, 0.25) is 5.91 Å². The van der Waals surface area contributed by atoms with Gasteiger partial charge in [-0.2, -0.15) is 0 Å². The van der Waals surface area contributed by atoms with Crippen molar-refractivity contribution in [2.45, 2.75) is 44.7 Å². The number of carbonyl (C=O) groups is 1. The molecule has 104 valence electrons. The van der Waals surface area contributed by atoms with Crippen LogP contribution in [-0.2, 0) is 11.2 Å². The molecular weight excluding hydrogens is 243 g/mol. The van der Waals surface area contributed by atoms with Gasteiger partial charge in [0, 0.05) is 25.0 Å². The molecule has 19 heavy (non-hydrogen) atoms. The monoisotopic (exact) mass is 264 g/mol. The fourth-order valence-corrected chi connectivity index (χ4v) is 2.70. The van der Waals surface area contributed by atoms with Crippen LogP contribution in [0.1, 0.15) is 31.7 Å². The number of nitrogens with zero attached hydrogens (tertiary/aromatic N) is 1. The molecule has 0 bridgehead atoms. The smallest absolute Gasteiger partial charge is 0.224 e. The summed E-state index contributed by atoms with van der Waals surface area (Å²) in [5.41, 5.74) is 6.63. The van der Waals surface area contributed by atoms with Crippen LogP contribution < -0.4 is 5.73 Å². The molecule has 3 nitrogen and oxygen atoms in total. The van der Waals surface area contributed by atoms with Gasteiger partial charge < -0.3 is 10.6 Å². The number of benzene rings is 1. The molecule has 1 aliphatic rings. The molecule has 0 aliphatic carbocycles. The lowest BCUT2D eigenvalue weighted by atomic mass is 10.0. The normalized spacial score (nSPS) is 20.6. The number of halogens is 1. The summed E-state index contributed by atoms with van der Waals surface area (Å²) in [7, 11) is 0. The van der Waals surface area contributed by atoms with Crippen LogP contribution in [0.2, 0.25) is 0 Å². The fraction of sp³-hybridized carbons (Fsp3) is 0.533. The molecule has 2 rings (SSSR count). The van der Waals surface area contributed by atoms with Crippen LogP contribution in [0.4, 0.5) is 4.39 Å². The lowest BCUT2D eigenvalue weighted by Gasteiger charge is -2.25. The van der Waals surface area contributed by atoms with E-state index >= 15 is 0 Å². The van der Waals surface area contributed by atoms with Crippen LogP contribution in [0.5, 0.6) is 0 Å². The minimum atomic E-state index is -0.219. The first-order valence-electron chi connectivity index (χ1n) is 6.86. The SMILES string of the molecule is CC(N)CC(=O)N1CCCC1Cc1cccc(F)c1. The molecule has 1 fully saturated rings. The van der Waals surface area contributed by atoms with E-state index < -0.39 is 0 Å². The number of amides is 1. The summed E-state index contributed by atoms with van der Waals surface area (Å²) < 4.78 is 13.2. The van der Waals surface area contributed by atoms with Crippen molar-refractivity contribution >= 4 is 5.91 Å². The maximum atomic E-state index is 13.2. The standard InChI is InChI=1S/C15H21FN2O/c1-11(17)8-15(19)18-7-3-6-14(18)10-12-4-2-5-13(16)9-12/h2,4-5,9,11,14H,3,6-8,10,17H2,1H3. The Labute approximate surface area is 113 Å². The third-order valence-electron chi connectivity index (χ3n) is 3.55. The lowest BCUT2D eigenvalue weighted by molar-refractivity contribution is -0.132. The molecule has 0 radical (unpaired) electrons. The minimum absolute atomic E-state index is 0.108. The Balaban J connectivity index is 2.01. The zero-order valence-electron chi connectivity index (χ0n) is 11.3. The molecule has 2 atom stereocenters. The second kappa shape index (κ2) is 6.15. The molecule has 2 unspecified atom stereocenters. The first-order chi connectivity index (χ1) is 9.06. The van der Waals surface area contributed by atoms with Gasteiger partial charge in [-0.25, -0.2) is 4.39 Å². The highest BCUT2D eigenvalue weighted by Gasteiger charge is 2.28. The summed E-state index contributed by atoms with van der Waals surface area (Å²) >= 11 is 0. The van der Waals surface area contributed by atoms with E-state index in [1.807, 2.05) is 17.9 Å². The molecule has 1 saturated heterocycles. The largest absolute Gasteiger partial charge is 0.339 e. The summed E-state index contributed by atoms with van der Waals surface area (Å²) in [5.74, 6) is -0.0992. The molecule has 4 heteroatoms. The van der Waals surface area contributed by atoms with Crippen molar-refractivity contribution in [3.63, 3.8) is 0 Å². The molecule has 1 aromatic rings. The van der Waals surface area contributed by atoms with E-state index in [2.05, 4.69) is 0 Å². The van der Waals surface area contributed by atoms with Crippen molar-refractivity contribution in [3.05, 3.63) is 35.6 Å². The van der Waals surface area contributed by atoms with E-state index in [9.17, 15) is 9.18 Å². The van der Waals surface area contributed by atoms with Crippen molar-refractivity contribution in [2.75, 3.05) is 6.54 Å². The zero-order valence-corrected chi connectivity index (χ0v) is 11.3. The molecule has 1 aliphatic heterocycles. The van der Waals surface area contributed by atoms with Crippen molar-refractivity contribution in [2.24, 2.45) is 5.73 Å². The van der Waals surface area contributed by atoms with Gasteiger partial charge in [-0.3, -0.25) is 4.79 Å². The van der Waals surface area contributed by atoms with Crippen molar-refractivity contribution in [3.8, 4) is 0 Å². The van der Waals surface area contributed by atoms with Gasteiger partial charge in [-0.1, -0.05) is 12.1 Å². The number of carbonyl (C=O) groups excluding carboxylic acids is 1. The fourth-order valence-electron chi connectivity index (χ4n) is 2.70.